The van der Waals surface area contributed by atoms with Crippen LogP contribution in [-0.4, -0.2) is 45.0 Å². The normalized spacial score (nSPS) is 22.3. The zero-order valence-corrected chi connectivity index (χ0v) is 21.0. The van der Waals surface area contributed by atoms with E-state index in [1.165, 1.54) is 23.1 Å². The van der Waals surface area contributed by atoms with Crippen molar-refractivity contribution in [3.8, 4) is 5.75 Å². The molecule has 0 aliphatic carbocycles. The Kier molecular flexibility index (Phi) is 6.79. The summed E-state index contributed by atoms with van der Waals surface area (Å²) in [4.78, 5) is 27.4. The molecule has 1 saturated heterocycles. The highest BCUT2D eigenvalue weighted by molar-refractivity contribution is 5.99. The first-order chi connectivity index (χ1) is 17.0. The molecule has 2 amide bonds. The molecule has 4 N–H and O–H groups in total. The molecule has 0 bridgehead atoms. The number of nitrogens with zero attached hydrogens (tertiary/aromatic N) is 1. The van der Waals surface area contributed by atoms with Gasteiger partial charge in [0.05, 0.1) is 19.0 Å². The van der Waals surface area contributed by atoms with Crippen molar-refractivity contribution in [2.45, 2.75) is 76.8 Å². The van der Waals surface area contributed by atoms with E-state index in [2.05, 4.69) is 10.6 Å². The number of ether oxygens (including phenoxy) is 1. The maximum absolute atomic E-state index is 14.0. The maximum Gasteiger partial charge on any atom is 0.251 e. The van der Waals surface area contributed by atoms with Crippen molar-refractivity contribution in [1.82, 2.24) is 15.5 Å². The summed E-state index contributed by atoms with van der Waals surface area (Å²) >= 11 is 0. The molecule has 2 heterocycles. The Morgan fingerprint density at radius 2 is 1.97 bits per heavy atom. The Hall–Kier alpha value is -3.46. The lowest BCUT2D eigenvalue weighted by atomic mass is 9.86. The summed E-state index contributed by atoms with van der Waals surface area (Å²) in [6.07, 6.45) is 0.663. The lowest BCUT2D eigenvalue weighted by Gasteiger charge is -2.42. The van der Waals surface area contributed by atoms with E-state index in [-0.39, 0.29) is 18.4 Å². The number of fused-ring (bicyclic) bond motifs is 1. The van der Waals surface area contributed by atoms with Crippen LogP contribution in [0.4, 0.5) is 4.39 Å². The predicted octanol–water partition coefficient (Wildman–Crippen LogP) is 3.64. The number of hydrogen-bond donors (Lipinski definition) is 4. The van der Waals surface area contributed by atoms with E-state index in [0.717, 1.165) is 12.8 Å². The molecule has 2 aromatic carbocycles. The summed E-state index contributed by atoms with van der Waals surface area (Å²) in [5.74, 6) is -0.638. The molecular formula is C27H33FN4O4. The molecule has 2 aliphatic rings. The Bertz CT molecular complexity index is 1170. The van der Waals surface area contributed by atoms with Crippen molar-refractivity contribution in [2.75, 3.05) is 0 Å². The van der Waals surface area contributed by atoms with Crippen LogP contribution in [0.2, 0.25) is 0 Å². The molecule has 0 saturated carbocycles. The first-order valence-corrected chi connectivity index (χ1v) is 12.2. The molecule has 1 fully saturated rings. The number of carbonyl (C=O) groups excluding carboxylic acids is 2. The number of amides is 2. The van der Waals surface area contributed by atoms with Gasteiger partial charge < -0.3 is 20.5 Å². The lowest BCUT2D eigenvalue weighted by molar-refractivity contribution is -0.131. The van der Waals surface area contributed by atoms with E-state index in [4.69, 9.17) is 10.1 Å². The van der Waals surface area contributed by atoms with Gasteiger partial charge in [0.25, 0.3) is 5.91 Å². The summed E-state index contributed by atoms with van der Waals surface area (Å²) in [6.45, 7) is 7.55. The van der Waals surface area contributed by atoms with Gasteiger partial charge in [-0.05, 0) is 62.6 Å². The molecule has 36 heavy (non-hydrogen) atoms. The van der Waals surface area contributed by atoms with E-state index in [0.29, 0.717) is 28.9 Å². The fourth-order valence-corrected chi connectivity index (χ4v) is 4.86. The third-order valence-electron chi connectivity index (χ3n) is 7.32. The van der Waals surface area contributed by atoms with Crippen molar-refractivity contribution in [3.05, 3.63) is 65.0 Å². The number of rotatable bonds is 6. The van der Waals surface area contributed by atoms with Crippen LogP contribution in [0.3, 0.4) is 0 Å². The number of halogens is 1. The van der Waals surface area contributed by atoms with E-state index in [1.54, 1.807) is 38.1 Å². The van der Waals surface area contributed by atoms with Crippen LogP contribution >= 0.6 is 0 Å². The van der Waals surface area contributed by atoms with Gasteiger partial charge >= 0.3 is 0 Å². The van der Waals surface area contributed by atoms with E-state index in [1.807, 2.05) is 13.8 Å². The van der Waals surface area contributed by atoms with Gasteiger partial charge in [-0.3, -0.25) is 19.9 Å². The molecule has 0 aromatic heterocycles. The van der Waals surface area contributed by atoms with Gasteiger partial charge in [0.15, 0.2) is 5.96 Å². The number of aliphatic hydroxyl groups excluding tert-OH is 1. The minimum Gasteiger partial charge on any atom is -0.485 e. The molecule has 0 radical (unpaired) electrons. The summed E-state index contributed by atoms with van der Waals surface area (Å²) < 4.78 is 19.8. The second-order valence-electron chi connectivity index (χ2n) is 10.1. The highest BCUT2D eigenvalue weighted by Gasteiger charge is 2.44. The summed E-state index contributed by atoms with van der Waals surface area (Å²) in [6, 6.07) is 9.90. The number of guanidine groups is 1. The molecule has 2 aromatic rings. The predicted molar refractivity (Wildman–Crippen MR) is 133 cm³/mol. The highest BCUT2D eigenvalue weighted by atomic mass is 19.1. The number of hydrogen-bond acceptors (Lipinski definition) is 5. The molecule has 0 unspecified atom stereocenters. The summed E-state index contributed by atoms with van der Waals surface area (Å²) in [7, 11) is 0. The molecular weight excluding hydrogens is 463 g/mol. The minimum absolute atomic E-state index is 0.0518. The van der Waals surface area contributed by atoms with E-state index in [9.17, 15) is 19.1 Å². The fourth-order valence-electron chi connectivity index (χ4n) is 4.86. The quantitative estimate of drug-likeness (QED) is 0.488. The Morgan fingerprint density at radius 1 is 1.25 bits per heavy atom. The zero-order valence-electron chi connectivity index (χ0n) is 21.0. The van der Waals surface area contributed by atoms with Gasteiger partial charge in [-0.15, -0.1) is 0 Å². The Labute approximate surface area is 210 Å². The first-order valence-electron chi connectivity index (χ1n) is 12.2. The Balaban J connectivity index is 1.53. The topological polar surface area (TPSA) is 115 Å². The smallest absolute Gasteiger partial charge is 0.251 e. The molecule has 0 spiro atoms. The second kappa shape index (κ2) is 9.54. The highest BCUT2D eigenvalue weighted by Crippen LogP contribution is 2.40. The lowest BCUT2D eigenvalue weighted by Crippen LogP contribution is -2.61. The fraction of sp³-hybridized carbons (Fsp3) is 0.444. The zero-order chi connectivity index (χ0) is 26.3. The van der Waals surface area contributed by atoms with Gasteiger partial charge in [0.2, 0.25) is 5.91 Å². The average Bonchev–Trinajstić information content (AvgIpc) is 2.84. The van der Waals surface area contributed by atoms with Crippen LogP contribution in [0, 0.1) is 11.2 Å². The number of benzene rings is 2. The number of aliphatic hydroxyl groups is 1. The van der Waals surface area contributed by atoms with Gasteiger partial charge in [0.1, 0.15) is 23.3 Å². The number of carbonyl (C=O) groups is 2. The van der Waals surface area contributed by atoms with Crippen LogP contribution in [0.1, 0.15) is 74.5 Å². The van der Waals surface area contributed by atoms with Gasteiger partial charge in [-0.1, -0.05) is 26.0 Å². The van der Waals surface area contributed by atoms with E-state index >= 15 is 0 Å². The van der Waals surface area contributed by atoms with Crippen LogP contribution in [0.15, 0.2) is 42.5 Å². The van der Waals surface area contributed by atoms with Crippen molar-refractivity contribution < 1.29 is 23.8 Å². The van der Waals surface area contributed by atoms with E-state index < -0.39 is 35.0 Å². The second-order valence-corrected chi connectivity index (χ2v) is 10.1. The molecule has 8 nitrogen and oxygen atoms in total. The van der Waals surface area contributed by atoms with Gasteiger partial charge in [-0.25, -0.2) is 4.39 Å². The van der Waals surface area contributed by atoms with Crippen molar-refractivity contribution >= 4 is 17.8 Å². The third kappa shape index (κ3) is 4.80. The molecule has 4 rings (SSSR count). The summed E-state index contributed by atoms with van der Waals surface area (Å²) in [5.41, 5.74) is -0.0379. The van der Waals surface area contributed by atoms with Gasteiger partial charge in [0, 0.05) is 16.7 Å². The Morgan fingerprint density at radius 3 is 2.64 bits per heavy atom. The SMILES string of the molecule is CCC1(CC)CC(=O)N(Cc2cccc(C(=O)N[C@@H]3c4cc(F)ccc4OC(C)(C)[C@H]3O)c2)C(=N)N1. The van der Waals surface area contributed by atoms with Crippen LogP contribution in [0.5, 0.6) is 5.75 Å². The maximum atomic E-state index is 14.0. The van der Waals surface area contributed by atoms with Crippen molar-refractivity contribution in [2.24, 2.45) is 0 Å². The van der Waals surface area contributed by atoms with Crippen molar-refractivity contribution in [1.29, 1.82) is 5.41 Å². The monoisotopic (exact) mass is 496 g/mol. The largest absolute Gasteiger partial charge is 0.485 e. The molecule has 2 aliphatic heterocycles. The molecule has 9 heteroatoms. The van der Waals surface area contributed by atoms with Crippen LogP contribution in [0.25, 0.3) is 0 Å². The van der Waals surface area contributed by atoms with Crippen molar-refractivity contribution in [3.63, 3.8) is 0 Å². The standard InChI is InChI=1S/C27H33FN4O4/c1-5-27(6-2)14-21(33)32(25(29)31-27)15-16-8-7-9-17(12-16)24(35)30-22-19-13-18(28)10-11-20(19)36-26(3,4)23(22)34/h7-13,22-23,34H,5-6,14-15H2,1-4H3,(H2,29,31)(H,30,35)/t22-,23+/m1/s1. The molecule has 2 atom stereocenters. The summed E-state index contributed by atoms with van der Waals surface area (Å²) in [5, 5.41) is 25.3. The third-order valence-corrected chi connectivity index (χ3v) is 7.32. The molecule has 192 valence electrons. The van der Waals surface area contributed by atoms with Crippen LogP contribution < -0.4 is 15.4 Å². The number of nitrogens with one attached hydrogen (secondary N) is 3. The average molecular weight is 497 g/mol. The minimum atomic E-state index is -1.12. The first kappa shape index (κ1) is 25.6. The van der Waals surface area contributed by atoms with Gasteiger partial charge in [-0.2, -0.15) is 0 Å². The van der Waals surface area contributed by atoms with Crippen LogP contribution in [-0.2, 0) is 11.3 Å².